The molecule has 2 aromatic rings. The lowest BCUT2D eigenvalue weighted by molar-refractivity contribution is -0.132. The SMILES string of the molecule is CCCC(=O)N(Cc1cccn1Cc1cccc(Cl)c1)CC(C)C. The molecule has 1 aromatic carbocycles. The Labute approximate surface area is 150 Å². The Kier molecular flexibility index (Phi) is 6.92. The van der Waals surface area contributed by atoms with E-state index < -0.39 is 0 Å². The minimum atomic E-state index is 0.238. The van der Waals surface area contributed by atoms with Crippen molar-refractivity contribution in [2.75, 3.05) is 6.54 Å². The Hall–Kier alpha value is -1.74. The smallest absolute Gasteiger partial charge is 0.222 e. The molecule has 0 radical (unpaired) electrons. The first-order chi connectivity index (χ1) is 11.5. The largest absolute Gasteiger partial charge is 0.345 e. The van der Waals surface area contributed by atoms with E-state index in [9.17, 15) is 4.79 Å². The molecule has 0 saturated carbocycles. The van der Waals surface area contributed by atoms with Crippen molar-refractivity contribution >= 4 is 17.5 Å². The van der Waals surface area contributed by atoms with Crippen molar-refractivity contribution in [1.82, 2.24) is 9.47 Å². The van der Waals surface area contributed by atoms with E-state index >= 15 is 0 Å². The molecule has 0 N–H and O–H groups in total. The van der Waals surface area contributed by atoms with E-state index in [1.807, 2.05) is 36.1 Å². The molecular weight excluding hydrogens is 320 g/mol. The van der Waals surface area contributed by atoms with Crippen LogP contribution in [0.2, 0.25) is 5.02 Å². The van der Waals surface area contributed by atoms with Gasteiger partial charge in [0.25, 0.3) is 0 Å². The van der Waals surface area contributed by atoms with Gasteiger partial charge in [-0.25, -0.2) is 0 Å². The second kappa shape index (κ2) is 8.93. The summed E-state index contributed by atoms with van der Waals surface area (Å²) in [5.74, 6) is 0.698. The zero-order valence-electron chi connectivity index (χ0n) is 14.8. The summed E-state index contributed by atoms with van der Waals surface area (Å²) in [4.78, 5) is 14.4. The quantitative estimate of drug-likeness (QED) is 0.662. The van der Waals surface area contributed by atoms with Crippen molar-refractivity contribution in [2.45, 2.75) is 46.7 Å². The van der Waals surface area contributed by atoms with Gasteiger partial charge in [-0.2, -0.15) is 0 Å². The van der Waals surface area contributed by atoms with Gasteiger partial charge < -0.3 is 9.47 Å². The number of hydrogen-bond acceptors (Lipinski definition) is 1. The molecule has 24 heavy (non-hydrogen) atoms. The molecule has 0 spiro atoms. The monoisotopic (exact) mass is 346 g/mol. The van der Waals surface area contributed by atoms with E-state index in [2.05, 4.69) is 36.7 Å². The molecule has 0 aliphatic rings. The van der Waals surface area contributed by atoms with Gasteiger partial charge in [0.05, 0.1) is 6.54 Å². The first-order valence-electron chi connectivity index (χ1n) is 8.65. The van der Waals surface area contributed by atoms with Crippen molar-refractivity contribution in [2.24, 2.45) is 5.92 Å². The molecule has 130 valence electrons. The van der Waals surface area contributed by atoms with Gasteiger partial charge in [-0.3, -0.25) is 4.79 Å². The second-order valence-electron chi connectivity index (χ2n) is 6.68. The minimum absolute atomic E-state index is 0.238. The average Bonchev–Trinajstić information content (AvgIpc) is 2.93. The summed E-state index contributed by atoms with van der Waals surface area (Å²) in [5, 5.41) is 0.751. The van der Waals surface area contributed by atoms with Gasteiger partial charge in [0.15, 0.2) is 0 Å². The van der Waals surface area contributed by atoms with Crippen molar-refractivity contribution in [1.29, 1.82) is 0 Å². The molecule has 1 amide bonds. The Bertz CT molecular complexity index is 663. The molecule has 0 unspecified atom stereocenters. The first kappa shape index (κ1) is 18.6. The van der Waals surface area contributed by atoms with E-state index in [4.69, 9.17) is 11.6 Å². The molecule has 1 heterocycles. The maximum atomic E-state index is 12.4. The summed E-state index contributed by atoms with van der Waals surface area (Å²) < 4.78 is 2.19. The maximum absolute atomic E-state index is 12.4. The average molecular weight is 347 g/mol. The topological polar surface area (TPSA) is 25.2 Å². The van der Waals surface area contributed by atoms with Crippen LogP contribution in [-0.4, -0.2) is 21.9 Å². The number of carbonyl (C=O) groups excluding carboxylic acids is 1. The maximum Gasteiger partial charge on any atom is 0.222 e. The highest BCUT2D eigenvalue weighted by molar-refractivity contribution is 6.30. The highest BCUT2D eigenvalue weighted by Crippen LogP contribution is 2.16. The molecule has 0 fully saturated rings. The Morgan fingerprint density at radius 2 is 2.04 bits per heavy atom. The predicted octanol–water partition coefficient (Wildman–Crippen LogP) is 4.97. The van der Waals surface area contributed by atoms with Gasteiger partial charge >= 0.3 is 0 Å². The lowest BCUT2D eigenvalue weighted by Crippen LogP contribution is -2.34. The fourth-order valence-electron chi connectivity index (χ4n) is 2.84. The standard InChI is InChI=1S/C20H27ClN2O/c1-4-7-20(24)23(13-16(2)3)15-19-10-6-11-22(19)14-17-8-5-9-18(21)12-17/h5-6,8-12,16H,4,7,13-15H2,1-3H3. The Morgan fingerprint density at radius 1 is 1.25 bits per heavy atom. The first-order valence-corrected chi connectivity index (χ1v) is 9.03. The van der Waals surface area contributed by atoms with E-state index in [1.165, 1.54) is 0 Å². The number of amides is 1. The minimum Gasteiger partial charge on any atom is -0.345 e. The van der Waals surface area contributed by atoms with Crippen LogP contribution in [0, 0.1) is 5.92 Å². The second-order valence-corrected chi connectivity index (χ2v) is 7.11. The van der Waals surface area contributed by atoms with E-state index in [-0.39, 0.29) is 5.91 Å². The molecule has 0 bridgehead atoms. The van der Waals surface area contributed by atoms with Gasteiger partial charge in [0.2, 0.25) is 5.91 Å². The molecule has 1 aromatic heterocycles. The van der Waals surface area contributed by atoms with Crippen molar-refractivity contribution in [3.05, 3.63) is 58.9 Å². The van der Waals surface area contributed by atoms with E-state index in [0.29, 0.717) is 18.9 Å². The van der Waals surface area contributed by atoms with Gasteiger partial charge in [-0.05, 0) is 42.2 Å². The summed E-state index contributed by atoms with van der Waals surface area (Å²) in [6.45, 7) is 8.56. The van der Waals surface area contributed by atoms with Crippen LogP contribution in [0.1, 0.15) is 44.9 Å². The van der Waals surface area contributed by atoms with Crippen molar-refractivity contribution in [3.63, 3.8) is 0 Å². The fourth-order valence-corrected chi connectivity index (χ4v) is 3.05. The zero-order valence-corrected chi connectivity index (χ0v) is 15.6. The van der Waals surface area contributed by atoms with E-state index in [1.54, 1.807) is 0 Å². The lowest BCUT2D eigenvalue weighted by Gasteiger charge is -2.25. The fraction of sp³-hybridized carbons (Fsp3) is 0.450. The highest BCUT2D eigenvalue weighted by Gasteiger charge is 2.16. The molecular formula is C20H27ClN2O. The highest BCUT2D eigenvalue weighted by atomic mass is 35.5. The molecule has 3 nitrogen and oxygen atoms in total. The van der Waals surface area contributed by atoms with Gasteiger partial charge in [0, 0.05) is 36.4 Å². The van der Waals surface area contributed by atoms with Crippen LogP contribution in [0.15, 0.2) is 42.6 Å². The third-order valence-electron chi connectivity index (χ3n) is 3.92. The normalized spacial score (nSPS) is 11.0. The molecule has 2 rings (SSSR count). The number of benzene rings is 1. The van der Waals surface area contributed by atoms with Crippen LogP contribution in [0.5, 0.6) is 0 Å². The number of aromatic nitrogens is 1. The summed E-state index contributed by atoms with van der Waals surface area (Å²) in [6, 6.07) is 12.0. The van der Waals surface area contributed by atoms with Crippen molar-refractivity contribution < 1.29 is 4.79 Å². The third kappa shape index (κ3) is 5.41. The van der Waals surface area contributed by atoms with Crippen LogP contribution in [0.4, 0.5) is 0 Å². The number of hydrogen-bond donors (Lipinski definition) is 0. The number of rotatable bonds is 8. The Balaban J connectivity index is 2.13. The van der Waals surface area contributed by atoms with Crippen LogP contribution in [0.3, 0.4) is 0 Å². The number of nitrogens with zero attached hydrogens (tertiary/aromatic N) is 2. The Morgan fingerprint density at radius 3 is 2.71 bits per heavy atom. The molecule has 0 atom stereocenters. The van der Waals surface area contributed by atoms with Gasteiger partial charge in [-0.15, -0.1) is 0 Å². The van der Waals surface area contributed by atoms with Crippen LogP contribution in [-0.2, 0) is 17.9 Å². The molecule has 0 aliphatic heterocycles. The molecule has 0 aliphatic carbocycles. The van der Waals surface area contributed by atoms with Crippen LogP contribution in [0.25, 0.3) is 0 Å². The summed E-state index contributed by atoms with van der Waals surface area (Å²) >= 11 is 6.08. The van der Waals surface area contributed by atoms with Crippen molar-refractivity contribution in [3.8, 4) is 0 Å². The zero-order chi connectivity index (χ0) is 17.5. The van der Waals surface area contributed by atoms with Crippen LogP contribution < -0.4 is 0 Å². The third-order valence-corrected chi connectivity index (χ3v) is 4.16. The van der Waals surface area contributed by atoms with Gasteiger partial charge in [0.1, 0.15) is 0 Å². The lowest BCUT2D eigenvalue weighted by atomic mass is 10.1. The number of carbonyl (C=O) groups is 1. The summed E-state index contributed by atoms with van der Waals surface area (Å²) in [6.07, 6.45) is 3.56. The van der Waals surface area contributed by atoms with E-state index in [0.717, 1.165) is 35.8 Å². The summed E-state index contributed by atoms with van der Waals surface area (Å²) in [5.41, 5.74) is 2.32. The van der Waals surface area contributed by atoms with Crippen LogP contribution >= 0.6 is 11.6 Å². The summed E-state index contributed by atoms with van der Waals surface area (Å²) in [7, 11) is 0. The number of halogens is 1. The molecule has 0 saturated heterocycles. The predicted molar refractivity (Wildman–Crippen MR) is 100 cm³/mol. The molecule has 4 heteroatoms. The van der Waals surface area contributed by atoms with Gasteiger partial charge in [-0.1, -0.05) is 44.5 Å².